The summed E-state index contributed by atoms with van der Waals surface area (Å²) < 4.78 is 0. The third kappa shape index (κ3) is 7.63. The van der Waals surface area contributed by atoms with Crippen molar-refractivity contribution < 1.29 is 14.4 Å². The van der Waals surface area contributed by atoms with E-state index in [0.717, 1.165) is 29.0 Å². The van der Waals surface area contributed by atoms with E-state index in [0.29, 0.717) is 39.0 Å². The number of aryl methyl sites for hydroxylation is 2. The van der Waals surface area contributed by atoms with Crippen LogP contribution in [0, 0.1) is 6.92 Å². The Morgan fingerprint density at radius 3 is 2.28 bits per heavy atom. The maximum atomic E-state index is 13.5. The third-order valence-corrected chi connectivity index (χ3v) is 7.23. The van der Waals surface area contributed by atoms with E-state index in [2.05, 4.69) is 22.8 Å². The highest BCUT2D eigenvalue weighted by Gasteiger charge is 2.28. The van der Waals surface area contributed by atoms with E-state index in [1.54, 1.807) is 24.0 Å². The summed E-state index contributed by atoms with van der Waals surface area (Å²) in [7, 11) is 3.59. The number of carbonyl (C=O) groups is 3. The summed E-state index contributed by atoms with van der Waals surface area (Å²) in [5, 5.41) is 9.86. The molecular formula is C28H40Cl2N6O3. The minimum absolute atomic E-state index is 0. The molecule has 9 nitrogen and oxygen atoms in total. The van der Waals surface area contributed by atoms with Crippen LogP contribution in [0.2, 0.25) is 0 Å². The lowest BCUT2D eigenvalue weighted by molar-refractivity contribution is -0.145. The smallest absolute Gasteiger partial charge is 0.256 e. The maximum Gasteiger partial charge on any atom is 0.256 e. The number of nitrogens with zero attached hydrogens (tertiary/aromatic N) is 4. The van der Waals surface area contributed by atoms with Crippen LogP contribution in [0.1, 0.15) is 35.6 Å². The zero-order valence-corrected chi connectivity index (χ0v) is 24.8. The maximum absolute atomic E-state index is 13.5. The van der Waals surface area contributed by atoms with Gasteiger partial charge in [-0.3, -0.25) is 19.4 Å². The summed E-state index contributed by atoms with van der Waals surface area (Å²) in [5.74, 6) is -0.121. The topological polar surface area (TPSA) is 88.2 Å². The zero-order chi connectivity index (χ0) is 26.5. The summed E-state index contributed by atoms with van der Waals surface area (Å²) >= 11 is 0. The van der Waals surface area contributed by atoms with Crippen LogP contribution in [0.3, 0.4) is 0 Å². The van der Waals surface area contributed by atoms with Gasteiger partial charge in [0.05, 0.1) is 13.1 Å². The number of hydrazine groups is 1. The Morgan fingerprint density at radius 2 is 1.64 bits per heavy atom. The van der Waals surface area contributed by atoms with Gasteiger partial charge in [-0.15, -0.1) is 24.8 Å². The molecule has 0 saturated heterocycles. The molecule has 0 fully saturated rings. The van der Waals surface area contributed by atoms with Gasteiger partial charge in [0.15, 0.2) is 0 Å². The molecule has 3 amide bonds. The molecule has 4 rings (SSSR count). The minimum atomic E-state index is -0.133. The predicted molar refractivity (Wildman–Crippen MR) is 160 cm³/mol. The Morgan fingerprint density at radius 1 is 0.974 bits per heavy atom. The molecule has 0 unspecified atom stereocenters. The Bertz CT molecular complexity index is 1150. The number of fused-ring (bicyclic) bond motifs is 2. The standard InChI is InChI=1S/C28H38N6O3.2ClH/c1-5-29-12-13-30-26(35)18-33(24-15-21-10-11-27(36)31(3)25(21)14-20(24)2)19-28(37)32(4)34-16-22-8-6-7-9-23(22)17-34;;/h6-9,14-15,29H,5,10-13,16-19H2,1-4H3,(H,30,35);2*1H. The van der Waals surface area contributed by atoms with E-state index in [1.165, 1.54) is 11.1 Å². The van der Waals surface area contributed by atoms with E-state index >= 15 is 0 Å². The Hall–Kier alpha value is -2.85. The second kappa shape index (κ2) is 14.5. The minimum Gasteiger partial charge on any atom is -0.353 e. The molecule has 11 heteroatoms. The number of amides is 3. The quantitative estimate of drug-likeness (QED) is 0.421. The van der Waals surface area contributed by atoms with Crippen LogP contribution in [-0.4, -0.2) is 74.6 Å². The Labute approximate surface area is 243 Å². The molecule has 2 aliphatic heterocycles. The number of likely N-dealkylation sites (N-methyl/N-ethyl adjacent to an activating group) is 2. The van der Waals surface area contributed by atoms with Gasteiger partial charge < -0.3 is 20.4 Å². The second-order valence-electron chi connectivity index (χ2n) is 9.79. The van der Waals surface area contributed by atoms with Crippen molar-refractivity contribution in [3.63, 3.8) is 0 Å². The molecule has 0 saturated carbocycles. The van der Waals surface area contributed by atoms with Crippen molar-refractivity contribution in [2.24, 2.45) is 0 Å². The van der Waals surface area contributed by atoms with Gasteiger partial charge in [-0.2, -0.15) is 0 Å². The average molecular weight is 580 g/mol. The summed E-state index contributed by atoms with van der Waals surface area (Å²) in [4.78, 5) is 42.1. The van der Waals surface area contributed by atoms with Gasteiger partial charge in [0.2, 0.25) is 11.8 Å². The number of halogens is 2. The summed E-state index contributed by atoms with van der Waals surface area (Å²) in [6.45, 7) is 7.54. The van der Waals surface area contributed by atoms with E-state index in [9.17, 15) is 14.4 Å². The van der Waals surface area contributed by atoms with Gasteiger partial charge in [-0.1, -0.05) is 31.2 Å². The first kappa shape index (κ1) is 32.4. The number of carbonyl (C=O) groups excluding carboxylic acids is 3. The molecule has 0 aliphatic carbocycles. The number of hydrogen-bond donors (Lipinski definition) is 2. The molecule has 39 heavy (non-hydrogen) atoms. The fourth-order valence-electron chi connectivity index (χ4n) is 4.99. The molecule has 2 N–H and O–H groups in total. The van der Waals surface area contributed by atoms with Crippen LogP contribution >= 0.6 is 24.8 Å². The lowest BCUT2D eigenvalue weighted by atomic mass is 9.98. The lowest BCUT2D eigenvalue weighted by Crippen LogP contribution is -2.48. The number of anilines is 2. The normalized spacial score (nSPS) is 14.1. The van der Waals surface area contributed by atoms with E-state index < -0.39 is 0 Å². The highest BCUT2D eigenvalue weighted by atomic mass is 35.5. The van der Waals surface area contributed by atoms with Crippen LogP contribution in [0.15, 0.2) is 36.4 Å². The molecule has 214 valence electrons. The van der Waals surface area contributed by atoms with Crippen LogP contribution < -0.4 is 20.4 Å². The average Bonchev–Trinajstić information content (AvgIpc) is 3.32. The monoisotopic (exact) mass is 578 g/mol. The fraction of sp³-hybridized carbons (Fsp3) is 0.464. The highest BCUT2D eigenvalue weighted by molar-refractivity contribution is 5.97. The van der Waals surface area contributed by atoms with Crippen molar-refractivity contribution in [3.8, 4) is 0 Å². The van der Waals surface area contributed by atoms with E-state index in [-0.39, 0.29) is 55.6 Å². The highest BCUT2D eigenvalue weighted by Crippen LogP contribution is 2.34. The van der Waals surface area contributed by atoms with Crippen molar-refractivity contribution in [3.05, 3.63) is 58.7 Å². The van der Waals surface area contributed by atoms with Crippen molar-refractivity contribution in [2.75, 3.05) is 56.6 Å². The van der Waals surface area contributed by atoms with Crippen LogP contribution in [0.25, 0.3) is 0 Å². The molecule has 0 spiro atoms. The summed E-state index contributed by atoms with van der Waals surface area (Å²) in [5.41, 5.74) is 6.16. The molecule has 0 aromatic heterocycles. The van der Waals surface area contributed by atoms with Gasteiger partial charge in [0.1, 0.15) is 0 Å². The second-order valence-corrected chi connectivity index (χ2v) is 9.79. The van der Waals surface area contributed by atoms with Crippen molar-refractivity contribution in [1.82, 2.24) is 20.7 Å². The molecule has 0 radical (unpaired) electrons. The Balaban J connectivity index is 0.00000267. The number of hydrogen-bond acceptors (Lipinski definition) is 6. The third-order valence-electron chi connectivity index (χ3n) is 7.23. The molecule has 2 aromatic rings. The van der Waals surface area contributed by atoms with Crippen molar-refractivity contribution >= 4 is 53.9 Å². The fourth-order valence-corrected chi connectivity index (χ4v) is 4.99. The van der Waals surface area contributed by atoms with E-state index in [4.69, 9.17) is 0 Å². The number of rotatable bonds is 10. The Kier molecular flexibility index (Phi) is 12.0. The molecule has 2 aliphatic rings. The van der Waals surface area contributed by atoms with Gasteiger partial charge >= 0.3 is 0 Å². The van der Waals surface area contributed by atoms with Crippen LogP contribution in [0.4, 0.5) is 11.4 Å². The number of nitrogens with one attached hydrogen (secondary N) is 2. The van der Waals surface area contributed by atoms with Gasteiger partial charge in [0.25, 0.3) is 5.91 Å². The molecule has 0 bridgehead atoms. The number of benzene rings is 2. The SMILES string of the molecule is CCNCCNC(=O)CN(CC(=O)N(C)N1Cc2ccccc2C1)c1cc2c(cc1C)N(C)C(=O)CC2.Cl.Cl. The lowest BCUT2D eigenvalue weighted by Gasteiger charge is -2.33. The molecule has 0 atom stereocenters. The largest absolute Gasteiger partial charge is 0.353 e. The summed E-state index contributed by atoms with van der Waals surface area (Å²) in [6.07, 6.45) is 1.10. The first-order chi connectivity index (χ1) is 17.8. The molecular weight excluding hydrogens is 539 g/mol. The van der Waals surface area contributed by atoms with Gasteiger partial charge in [0, 0.05) is 58.1 Å². The van der Waals surface area contributed by atoms with Gasteiger partial charge in [-0.05, 0) is 54.3 Å². The zero-order valence-electron chi connectivity index (χ0n) is 23.2. The van der Waals surface area contributed by atoms with Crippen molar-refractivity contribution in [2.45, 2.75) is 39.8 Å². The summed E-state index contributed by atoms with van der Waals surface area (Å²) in [6, 6.07) is 12.3. The van der Waals surface area contributed by atoms with E-state index in [1.807, 2.05) is 48.0 Å². The molecule has 2 heterocycles. The predicted octanol–water partition coefficient (Wildman–Crippen LogP) is 2.67. The first-order valence-electron chi connectivity index (χ1n) is 13.0. The van der Waals surface area contributed by atoms with Crippen LogP contribution in [-0.2, 0) is 33.9 Å². The van der Waals surface area contributed by atoms with Gasteiger partial charge in [-0.25, -0.2) is 5.01 Å². The van der Waals surface area contributed by atoms with Crippen molar-refractivity contribution in [1.29, 1.82) is 0 Å². The first-order valence-corrected chi connectivity index (χ1v) is 13.0. The van der Waals surface area contributed by atoms with Crippen LogP contribution in [0.5, 0.6) is 0 Å². The molecule has 2 aromatic carbocycles.